The van der Waals surface area contributed by atoms with E-state index in [1.165, 1.54) is 0 Å². The van der Waals surface area contributed by atoms with Crippen LogP contribution in [0.3, 0.4) is 0 Å². The molecule has 6 heteroatoms. The van der Waals surface area contributed by atoms with Gasteiger partial charge in [-0.15, -0.1) is 0 Å². The zero-order chi connectivity index (χ0) is 16.3. The van der Waals surface area contributed by atoms with Gasteiger partial charge in [0.15, 0.2) is 11.5 Å². The highest BCUT2D eigenvalue weighted by Crippen LogP contribution is 2.47. The Labute approximate surface area is 134 Å². The summed E-state index contributed by atoms with van der Waals surface area (Å²) < 4.78 is 17.5. The predicted molar refractivity (Wildman–Crippen MR) is 85.4 cm³/mol. The third kappa shape index (κ3) is 3.49. The molecule has 0 aliphatic carbocycles. The molecule has 1 aliphatic rings. The van der Waals surface area contributed by atoms with Gasteiger partial charge in [-0.2, -0.15) is 0 Å². The second-order valence-electron chi connectivity index (χ2n) is 5.69. The molecule has 118 valence electrons. The first-order chi connectivity index (χ1) is 11.1. The lowest BCUT2D eigenvalue weighted by Gasteiger charge is -2.16. The van der Waals surface area contributed by atoms with Crippen molar-refractivity contribution in [2.75, 3.05) is 0 Å². The van der Waals surface area contributed by atoms with Gasteiger partial charge in [0.2, 0.25) is 11.5 Å². The van der Waals surface area contributed by atoms with Crippen LogP contribution in [0.5, 0.6) is 17.2 Å². The van der Waals surface area contributed by atoms with Crippen LogP contribution in [0.25, 0.3) is 10.4 Å². The van der Waals surface area contributed by atoms with Crippen molar-refractivity contribution in [2.45, 2.75) is 32.8 Å². The molecule has 0 fully saturated rings. The van der Waals surface area contributed by atoms with Gasteiger partial charge in [-0.1, -0.05) is 35.4 Å². The Morgan fingerprint density at radius 3 is 2.65 bits per heavy atom. The number of rotatable bonds is 5. The lowest BCUT2D eigenvalue weighted by Crippen LogP contribution is -2.29. The van der Waals surface area contributed by atoms with E-state index in [2.05, 4.69) is 10.0 Å². The molecule has 2 aromatic carbocycles. The Hall–Kier alpha value is -2.85. The van der Waals surface area contributed by atoms with Crippen LogP contribution in [0.1, 0.15) is 25.0 Å². The minimum absolute atomic E-state index is 0.231. The van der Waals surface area contributed by atoms with Crippen LogP contribution < -0.4 is 14.2 Å². The summed E-state index contributed by atoms with van der Waals surface area (Å²) in [6, 6.07) is 13.5. The van der Waals surface area contributed by atoms with Gasteiger partial charge < -0.3 is 14.2 Å². The number of hydrogen-bond donors (Lipinski definition) is 0. The minimum Gasteiger partial charge on any atom is -0.485 e. The molecule has 0 unspecified atom stereocenters. The van der Waals surface area contributed by atoms with E-state index in [0.717, 1.165) is 11.1 Å². The molecule has 2 aromatic rings. The summed E-state index contributed by atoms with van der Waals surface area (Å²) in [6.45, 7) is 4.32. The number of fused-ring (bicyclic) bond motifs is 1. The van der Waals surface area contributed by atoms with Crippen molar-refractivity contribution in [1.82, 2.24) is 0 Å². The van der Waals surface area contributed by atoms with E-state index in [0.29, 0.717) is 23.9 Å². The maximum Gasteiger partial charge on any atom is 0.246 e. The van der Waals surface area contributed by atoms with E-state index in [1.54, 1.807) is 0 Å². The Balaban J connectivity index is 1.88. The van der Waals surface area contributed by atoms with Crippen LogP contribution in [-0.4, -0.2) is 5.79 Å². The van der Waals surface area contributed by atoms with Crippen molar-refractivity contribution >= 4 is 0 Å². The second-order valence-corrected chi connectivity index (χ2v) is 5.69. The lowest BCUT2D eigenvalue weighted by atomic mass is 10.2. The zero-order valence-corrected chi connectivity index (χ0v) is 13.0. The van der Waals surface area contributed by atoms with Gasteiger partial charge in [0.1, 0.15) is 6.61 Å². The molecular formula is C17H17N3O3. The van der Waals surface area contributed by atoms with E-state index in [9.17, 15) is 0 Å². The summed E-state index contributed by atoms with van der Waals surface area (Å²) in [5.41, 5.74) is 10.4. The standard InChI is InChI=1S/C17H17N3O3/c1-17(2)22-15-9-13(10-19-20-18)8-14(16(15)23-17)21-11-12-6-4-3-5-7-12/h3-9H,10-11H2,1-2H3. The van der Waals surface area contributed by atoms with Crippen molar-refractivity contribution < 1.29 is 14.2 Å². The topological polar surface area (TPSA) is 76.5 Å². The van der Waals surface area contributed by atoms with Crippen molar-refractivity contribution in [3.05, 3.63) is 64.0 Å². The molecule has 0 saturated heterocycles. The van der Waals surface area contributed by atoms with Gasteiger partial charge in [0.05, 0.1) is 6.54 Å². The van der Waals surface area contributed by atoms with E-state index >= 15 is 0 Å². The largest absolute Gasteiger partial charge is 0.485 e. The van der Waals surface area contributed by atoms with Gasteiger partial charge in [-0.3, -0.25) is 0 Å². The van der Waals surface area contributed by atoms with Crippen molar-refractivity contribution in [3.8, 4) is 17.2 Å². The number of nitrogens with zero attached hydrogens (tertiary/aromatic N) is 3. The molecule has 0 radical (unpaired) electrons. The van der Waals surface area contributed by atoms with Crippen LogP contribution in [0, 0.1) is 0 Å². The first-order valence-electron chi connectivity index (χ1n) is 7.30. The number of benzene rings is 2. The highest BCUT2D eigenvalue weighted by molar-refractivity contribution is 5.56. The Bertz CT molecular complexity index is 753. The molecule has 1 aliphatic heterocycles. The smallest absolute Gasteiger partial charge is 0.246 e. The van der Waals surface area contributed by atoms with Gasteiger partial charge in [-0.05, 0) is 28.8 Å². The third-order valence-corrected chi connectivity index (χ3v) is 3.34. The normalized spacial score (nSPS) is 14.2. The summed E-state index contributed by atoms with van der Waals surface area (Å²) in [7, 11) is 0. The number of hydrogen-bond acceptors (Lipinski definition) is 4. The quantitative estimate of drug-likeness (QED) is 0.460. The van der Waals surface area contributed by atoms with Crippen LogP contribution in [0.2, 0.25) is 0 Å². The summed E-state index contributed by atoms with van der Waals surface area (Å²) >= 11 is 0. The summed E-state index contributed by atoms with van der Waals surface area (Å²) in [4.78, 5) is 2.79. The number of azide groups is 1. The fraction of sp³-hybridized carbons (Fsp3) is 0.294. The van der Waals surface area contributed by atoms with Gasteiger partial charge in [0, 0.05) is 18.8 Å². The molecule has 0 saturated carbocycles. The fourth-order valence-corrected chi connectivity index (χ4v) is 2.39. The van der Waals surface area contributed by atoms with Crippen LogP contribution in [0.4, 0.5) is 0 Å². The minimum atomic E-state index is -0.746. The van der Waals surface area contributed by atoms with Gasteiger partial charge in [-0.25, -0.2) is 0 Å². The van der Waals surface area contributed by atoms with Gasteiger partial charge >= 0.3 is 0 Å². The van der Waals surface area contributed by atoms with Gasteiger partial charge in [0.25, 0.3) is 0 Å². The molecule has 1 heterocycles. The molecule has 0 aromatic heterocycles. The van der Waals surface area contributed by atoms with Crippen LogP contribution in [-0.2, 0) is 13.2 Å². The molecule has 0 spiro atoms. The molecule has 23 heavy (non-hydrogen) atoms. The molecule has 0 atom stereocenters. The van der Waals surface area contributed by atoms with E-state index in [1.807, 2.05) is 56.3 Å². The molecule has 6 nitrogen and oxygen atoms in total. The van der Waals surface area contributed by atoms with E-state index < -0.39 is 5.79 Å². The number of ether oxygens (including phenoxy) is 3. The molecule has 3 rings (SSSR count). The summed E-state index contributed by atoms with van der Waals surface area (Å²) in [6.07, 6.45) is 0. The molecule has 0 amide bonds. The Morgan fingerprint density at radius 1 is 1.13 bits per heavy atom. The van der Waals surface area contributed by atoms with E-state index in [-0.39, 0.29) is 6.54 Å². The summed E-state index contributed by atoms with van der Waals surface area (Å²) in [5, 5.41) is 3.59. The predicted octanol–water partition coefficient (Wildman–Crippen LogP) is 4.58. The zero-order valence-electron chi connectivity index (χ0n) is 13.0. The highest BCUT2D eigenvalue weighted by Gasteiger charge is 2.34. The lowest BCUT2D eigenvalue weighted by molar-refractivity contribution is -0.0441. The van der Waals surface area contributed by atoms with E-state index in [4.69, 9.17) is 19.7 Å². The second kappa shape index (κ2) is 6.10. The van der Waals surface area contributed by atoms with Crippen LogP contribution in [0.15, 0.2) is 47.6 Å². The average Bonchev–Trinajstić information content (AvgIpc) is 2.85. The van der Waals surface area contributed by atoms with Crippen molar-refractivity contribution in [1.29, 1.82) is 0 Å². The Kier molecular flexibility index (Phi) is 4.00. The average molecular weight is 311 g/mol. The summed E-state index contributed by atoms with van der Waals surface area (Å²) in [5.74, 6) is 1.02. The van der Waals surface area contributed by atoms with Crippen LogP contribution >= 0.6 is 0 Å². The third-order valence-electron chi connectivity index (χ3n) is 3.34. The molecule has 0 N–H and O–H groups in total. The maximum absolute atomic E-state index is 8.50. The first kappa shape index (κ1) is 15.1. The Morgan fingerprint density at radius 2 is 1.91 bits per heavy atom. The molecule has 0 bridgehead atoms. The SMILES string of the molecule is CC1(C)Oc2cc(CN=[N+]=[N-])cc(OCc3ccccc3)c2O1. The van der Waals surface area contributed by atoms with Crippen molar-refractivity contribution in [2.24, 2.45) is 5.11 Å². The molecular weight excluding hydrogens is 294 g/mol. The monoisotopic (exact) mass is 311 g/mol. The van der Waals surface area contributed by atoms with Crippen molar-refractivity contribution in [3.63, 3.8) is 0 Å². The fourth-order valence-electron chi connectivity index (χ4n) is 2.39. The highest BCUT2D eigenvalue weighted by atomic mass is 16.7. The maximum atomic E-state index is 8.50. The first-order valence-corrected chi connectivity index (χ1v) is 7.30.